The highest BCUT2D eigenvalue weighted by molar-refractivity contribution is 5.73. The lowest BCUT2D eigenvalue weighted by molar-refractivity contribution is -0.142. The Balaban J connectivity index is 4.29. The molecule has 0 saturated heterocycles. The van der Waals surface area contributed by atoms with Gasteiger partial charge in [0.25, 0.3) is 0 Å². The van der Waals surface area contributed by atoms with E-state index in [1.165, 1.54) is 5.57 Å². The van der Waals surface area contributed by atoms with E-state index >= 15 is 0 Å². The van der Waals surface area contributed by atoms with E-state index in [2.05, 4.69) is 6.58 Å². The zero-order valence-corrected chi connectivity index (χ0v) is 9.17. The molecule has 0 bridgehead atoms. The SMILES string of the molecule is C=CC(=CC=C(C)C)CC(=O)OCC. The number of hydrogen-bond acceptors (Lipinski definition) is 2. The number of hydrogen-bond donors (Lipinski definition) is 0. The van der Waals surface area contributed by atoms with Gasteiger partial charge in [0, 0.05) is 0 Å². The molecule has 14 heavy (non-hydrogen) atoms. The summed E-state index contributed by atoms with van der Waals surface area (Å²) in [7, 11) is 0. The molecule has 0 saturated carbocycles. The van der Waals surface area contributed by atoms with E-state index < -0.39 is 0 Å². The largest absolute Gasteiger partial charge is 0.466 e. The van der Waals surface area contributed by atoms with E-state index in [0.717, 1.165) is 5.57 Å². The lowest BCUT2D eigenvalue weighted by Crippen LogP contribution is -2.04. The van der Waals surface area contributed by atoms with E-state index in [4.69, 9.17) is 4.74 Å². The lowest BCUT2D eigenvalue weighted by atomic mass is 10.1. The van der Waals surface area contributed by atoms with Crippen LogP contribution < -0.4 is 0 Å². The minimum absolute atomic E-state index is 0.208. The number of ether oxygens (including phenoxy) is 1. The summed E-state index contributed by atoms with van der Waals surface area (Å²) < 4.78 is 4.83. The maximum atomic E-state index is 11.1. The van der Waals surface area contributed by atoms with Crippen LogP contribution in [0.1, 0.15) is 27.2 Å². The molecule has 0 heterocycles. The molecule has 0 N–H and O–H groups in total. The van der Waals surface area contributed by atoms with Crippen LogP contribution in [0.2, 0.25) is 0 Å². The van der Waals surface area contributed by atoms with Gasteiger partial charge in [0.15, 0.2) is 0 Å². The molecule has 0 unspecified atom stereocenters. The monoisotopic (exact) mass is 194 g/mol. The van der Waals surface area contributed by atoms with Gasteiger partial charge in [-0.2, -0.15) is 0 Å². The Bertz CT molecular complexity index is 255. The van der Waals surface area contributed by atoms with Crippen molar-refractivity contribution in [1.29, 1.82) is 0 Å². The molecular weight excluding hydrogens is 176 g/mol. The second kappa shape index (κ2) is 7.13. The Morgan fingerprint density at radius 2 is 2.00 bits per heavy atom. The summed E-state index contributed by atoms with van der Waals surface area (Å²) in [4.78, 5) is 11.1. The zero-order valence-electron chi connectivity index (χ0n) is 9.17. The molecule has 78 valence electrons. The van der Waals surface area contributed by atoms with Crippen LogP contribution in [0.4, 0.5) is 0 Å². The summed E-state index contributed by atoms with van der Waals surface area (Å²) in [5.41, 5.74) is 2.07. The Labute approximate surface area is 86.0 Å². The highest BCUT2D eigenvalue weighted by Crippen LogP contribution is 2.05. The fraction of sp³-hybridized carbons (Fsp3) is 0.417. The summed E-state index contributed by atoms with van der Waals surface area (Å²) in [5.74, 6) is -0.208. The smallest absolute Gasteiger partial charge is 0.310 e. The van der Waals surface area contributed by atoms with Gasteiger partial charge in [-0.3, -0.25) is 4.79 Å². The van der Waals surface area contributed by atoms with E-state index in [1.54, 1.807) is 13.0 Å². The van der Waals surface area contributed by atoms with Crippen LogP contribution in [0.25, 0.3) is 0 Å². The van der Waals surface area contributed by atoms with E-state index in [9.17, 15) is 4.79 Å². The first-order chi connectivity index (χ1) is 6.60. The first kappa shape index (κ1) is 12.7. The molecule has 2 heteroatoms. The molecular formula is C12H18O2. The van der Waals surface area contributed by atoms with Gasteiger partial charge in [0.2, 0.25) is 0 Å². The molecule has 0 spiro atoms. The van der Waals surface area contributed by atoms with E-state index in [0.29, 0.717) is 13.0 Å². The van der Waals surface area contributed by atoms with E-state index in [1.807, 2.05) is 26.0 Å². The van der Waals surface area contributed by atoms with Crippen molar-refractivity contribution in [2.45, 2.75) is 27.2 Å². The van der Waals surface area contributed by atoms with Crippen molar-refractivity contribution >= 4 is 5.97 Å². The zero-order chi connectivity index (χ0) is 11.0. The molecule has 0 aromatic rings. The van der Waals surface area contributed by atoms with Crippen molar-refractivity contribution < 1.29 is 9.53 Å². The summed E-state index contributed by atoms with van der Waals surface area (Å²) in [6.07, 6.45) is 5.81. The normalized spacial score (nSPS) is 10.6. The fourth-order valence-electron chi connectivity index (χ4n) is 0.852. The predicted molar refractivity (Wildman–Crippen MR) is 59.0 cm³/mol. The maximum absolute atomic E-state index is 11.1. The van der Waals surface area contributed by atoms with Crippen molar-refractivity contribution in [3.05, 3.63) is 36.0 Å². The quantitative estimate of drug-likeness (QED) is 0.496. The number of carbonyl (C=O) groups excluding carboxylic acids is 1. The number of allylic oxidation sites excluding steroid dienone is 4. The Morgan fingerprint density at radius 1 is 1.36 bits per heavy atom. The third-order valence-corrected chi connectivity index (χ3v) is 1.55. The van der Waals surface area contributed by atoms with Crippen LogP contribution in [0.5, 0.6) is 0 Å². The highest BCUT2D eigenvalue weighted by atomic mass is 16.5. The van der Waals surface area contributed by atoms with Crippen LogP contribution in [-0.2, 0) is 9.53 Å². The standard InChI is InChI=1S/C12H18O2/c1-5-11(8-7-10(3)4)9-12(13)14-6-2/h5,7-8H,1,6,9H2,2-4H3. The van der Waals surface area contributed by atoms with Gasteiger partial charge < -0.3 is 4.74 Å². The summed E-state index contributed by atoms with van der Waals surface area (Å²) in [5, 5.41) is 0. The van der Waals surface area contributed by atoms with Gasteiger partial charge in [-0.25, -0.2) is 0 Å². The molecule has 2 nitrogen and oxygen atoms in total. The average molecular weight is 194 g/mol. The first-order valence-electron chi connectivity index (χ1n) is 4.72. The van der Waals surface area contributed by atoms with Crippen molar-refractivity contribution in [2.75, 3.05) is 6.61 Å². The summed E-state index contributed by atoms with van der Waals surface area (Å²) >= 11 is 0. The molecule has 0 amide bonds. The second-order valence-electron chi connectivity index (χ2n) is 3.17. The number of esters is 1. The van der Waals surface area contributed by atoms with Crippen molar-refractivity contribution in [2.24, 2.45) is 0 Å². The summed E-state index contributed by atoms with van der Waals surface area (Å²) in [6, 6.07) is 0. The molecule has 0 aliphatic carbocycles. The van der Waals surface area contributed by atoms with Gasteiger partial charge in [0.05, 0.1) is 13.0 Å². The van der Waals surface area contributed by atoms with Crippen LogP contribution >= 0.6 is 0 Å². The van der Waals surface area contributed by atoms with Gasteiger partial charge in [0.1, 0.15) is 0 Å². The second-order valence-corrected chi connectivity index (χ2v) is 3.17. The van der Waals surface area contributed by atoms with Crippen LogP contribution in [-0.4, -0.2) is 12.6 Å². The van der Waals surface area contributed by atoms with Gasteiger partial charge in [-0.15, -0.1) is 0 Å². The molecule has 0 aliphatic heterocycles. The minimum atomic E-state index is -0.208. The van der Waals surface area contributed by atoms with Gasteiger partial charge in [-0.05, 0) is 26.3 Å². The highest BCUT2D eigenvalue weighted by Gasteiger charge is 2.02. The minimum Gasteiger partial charge on any atom is -0.466 e. The molecule has 0 radical (unpaired) electrons. The maximum Gasteiger partial charge on any atom is 0.310 e. The molecule has 0 aliphatic rings. The molecule has 0 aromatic heterocycles. The molecule has 0 aromatic carbocycles. The lowest BCUT2D eigenvalue weighted by Gasteiger charge is -2.01. The summed E-state index contributed by atoms with van der Waals surface area (Å²) in [6.45, 7) is 9.87. The molecule has 0 fully saturated rings. The predicted octanol–water partition coefficient (Wildman–Crippen LogP) is 3.02. The van der Waals surface area contributed by atoms with Crippen LogP contribution in [0, 0.1) is 0 Å². The Kier molecular flexibility index (Phi) is 6.46. The Hall–Kier alpha value is -1.31. The van der Waals surface area contributed by atoms with E-state index in [-0.39, 0.29) is 5.97 Å². The van der Waals surface area contributed by atoms with Gasteiger partial charge >= 0.3 is 5.97 Å². The van der Waals surface area contributed by atoms with Crippen molar-refractivity contribution in [3.63, 3.8) is 0 Å². The topological polar surface area (TPSA) is 26.3 Å². The van der Waals surface area contributed by atoms with Crippen LogP contribution in [0.3, 0.4) is 0 Å². The van der Waals surface area contributed by atoms with Crippen molar-refractivity contribution in [1.82, 2.24) is 0 Å². The Morgan fingerprint density at radius 3 is 2.43 bits per heavy atom. The van der Waals surface area contributed by atoms with Crippen molar-refractivity contribution in [3.8, 4) is 0 Å². The third-order valence-electron chi connectivity index (χ3n) is 1.55. The van der Waals surface area contributed by atoms with Gasteiger partial charge in [-0.1, -0.05) is 30.4 Å². The fourth-order valence-corrected chi connectivity index (χ4v) is 0.852. The number of rotatable bonds is 5. The van der Waals surface area contributed by atoms with Crippen LogP contribution in [0.15, 0.2) is 36.0 Å². The molecule has 0 rings (SSSR count). The average Bonchev–Trinajstić information content (AvgIpc) is 2.12. The molecule has 0 atom stereocenters. The first-order valence-corrected chi connectivity index (χ1v) is 4.72. The third kappa shape index (κ3) is 6.23. The number of carbonyl (C=O) groups is 1.